The highest BCUT2D eigenvalue weighted by Gasteiger charge is 2.58. The molecule has 2 saturated carbocycles. The van der Waals surface area contributed by atoms with Crippen molar-refractivity contribution >= 4 is 81.0 Å². The third-order valence-electron chi connectivity index (χ3n) is 12.9. The van der Waals surface area contributed by atoms with Crippen molar-refractivity contribution in [1.82, 2.24) is 0 Å². The fourth-order valence-corrected chi connectivity index (χ4v) is 25.4. The molecule has 0 heterocycles. The van der Waals surface area contributed by atoms with Crippen LogP contribution in [0.25, 0.3) is 0 Å². The van der Waals surface area contributed by atoms with E-state index in [2.05, 4.69) is 139 Å². The summed E-state index contributed by atoms with van der Waals surface area (Å²) in [5.74, 6) is 4.17. The third-order valence-corrected chi connectivity index (χ3v) is 24.1. The van der Waals surface area contributed by atoms with E-state index in [9.17, 15) is 0 Å². The van der Waals surface area contributed by atoms with E-state index in [1.54, 1.807) is 0 Å². The predicted molar refractivity (Wildman–Crippen MR) is 227 cm³/mol. The highest BCUT2D eigenvalue weighted by molar-refractivity contribution is 6.92. The van der Waals surface area contributed by atoms with Crippen molar-refractivity contribution in [3.05, 3.63) is 104 Å². The summed E-state index contributed by atoms with van der Waals surface area (Å²) in [4.78, 5) is 0. The summed E-state index contributed by atoms with van der Waals surface area (Å²) in [7, 11) is -5.19. The van der Waals surface area contributed by atoms with Gasteiger partial charge in [0.25, 0.3) is 0 Å². The average molecular weight is 787 g/mol. The first kappa shape index (κ1) is 38.0. The molecule has 2 fully saturated rings. The Morgan fingerprint density at radius 2 is 0.796 bits per heavy atom. The van der Waals surface area contributed by atoms with Crippen LogP contribution in [0, 0.1) is 35.5 Å². The van der Waals surface area contributed by atoms with E-state index in [-0.39, 0.29) is 0 Å². The summed E-state index contributed by atoms with van der Waals surface area (Å²) in [6, 6.07) is 9.00. The topological polar surface area (TPSA) is 0 Å². The highest BCUT2D eigenvalue weighted by Crippen LogP contribution is 2.64. The summed E-state index contributed by atoms with van der Waals surface area (Å²) >= 11 is 28.1. The van der Waals surface area contributed by atoms with Crippen LogP contribution < -0.4 is 10.4 Å². The zero-order valence-electron chi connectivity index (χ0n) is 31.1. The molecule has 0 aliphatic heterocycles. The molecule has 0 saturated heterocycles. The number of rotatable bonds is 6. The van der Waals surface area contributed by atoms with Gasteiger partial charge in [0, 0.05) is 31.9 Å². The molecule has 4 aliphatic carbocycles. The lowest BCUT2D eigenvalue weighted by Crippen LogP contribution is -2.45. The molecule has 0 radical (unpaired) electrons. The zero-order chi connectivity index (χ0) is 35.8. The summed E-state index contributed by atoms with van der Waals surface area (Å²) in [6.07, 6.45) is 21.8. The molecule has 2 aromatic carbocycles. The normalized spacial score (nSPS) is 33.0. The molecule has 0 N–H and O–H groups in total. The summed E-state index contributed by atoms with van der Waals surface area (Å²) in [6.45, 7) is 24.6. The SMILES string of the molecule is CC1CC2C(c3cc(Cl)c([Si](C)(C)C)c(Cl)c3)C=CC=CC2C1[Si](C)(C)C1C(C)CC2C(c3cc(Cl)c([Si](C)(C)C)c(Cl)c3)C=CC=CC21. The van der Waals surface area contributed by atoms with Gasteiger partial charge in [-0.25, -0.2) is 0 Å². The molecule has 0 aromatic heterocycles. The lowest BCUT2D eigenvalue weighted by atomic mass is 9.80. The summed E-state index contributed by atoms with van der Waals surface area (Å²) in [5, 5.41) is 5.79. The van der Waals surface area contributed by atoms with E-state index in [1.807, 2.05) is 0 Å². The first-order valence-electron chi connectivity index (χ1n) is 18.5. The van der Waals surface area contributed by atoms with Gasteiger partial charge in [0.2, 0.25) is 0 Å². The fourth-order valence-electron chi connectivity index (χ4n) is 11.5. The van der Waals surface area contributed by atoms with Crippen LogP contribution in [0.2, 0.25) is 83.5 Å². The van der Waals surface area contributed by atoms with Gasteiger partial charge in [0.1, 0.15) is 0 Å². The maximum absolute atomic E-state index is 7.03. The van der Waals surface area contributed by atoms with Crippen LogP contribution in [-0.4, -0.2) is 24.2 Å². The van der Waals surface area contributed by atoms with Crippen LogP contribution in [0.15, 0.2) is 72.9 Å². The van der Waals surface area contributed by atoms with Crippen molar-refractivity contribution in [2.45, 2.75) is 102 Å². The number of allylic oxidation sites excluding steroid dienone is 8. The lowest BCUT2D eigenvalue weighted by molar-refractivity contribution is 0.405. The van der Waals surface area contributed by atoms with E-state index in [0.29, 0.717) is 58.4 Å². The molecule has 264 valence electrons. The smallest absolute Gasteiger partial charge is 0.0815 e. The van der Waals surface area contributed by atoms with Crippen LogP contribution in [0.3, 0.4) is 0 Å². The minimum absolute atomic E-state index is 0.316. The maximum Gasteiger partial charge on any atom is 0.0815 e. The molecule has 10 unspecified atom stereocenters. The van der Waals surface area contributed by atoms with Gasteiger partial charge >= 0.3 is 0 Å². The van der Waals surface area contributed by atoms with E-state index in [1.165, 1.54) is 34.3 Å². The molecular weight excluding hydrogens is 731 g/mol. The molecule has 6 rings (SSSR count). The predicted octanol–water partition coefficient (Wildman–Crippen LogP) is 13.5. The molecule has 0 amide bonds. The largest absolute Gasteiger partial charge is 0.0844 e. The minimum Gasteiger partial charge on any atom is -0.0844 e. The molecule has 7 heteroatoms. The van der Waals surface area contributed by atoms with Gasteiger partial charge in [-0.2, -0.15) is 0 Å². The lowest BCUT2D eigenvalue weighted by Gasteiger charge is -2.45. The van der Waals surface area contributed by atoms with Gasteiger partial charge in [-0.3, -0.25) is 0 Å². The van der Waals surface area contributed by atoms with Crippen LogP contribution in [0.4, 0.5) is 0 Å². The van der Waals surface area contributed by atoms with E-state index < -0.39 is 24.2 Å². The van der Waals surface area contributed by atoms with E-state index in [4.69, 9.17) is 46.4 Å². The van der Waals surface area contributed by atoms with Gasteiger partial charge in [0.05, 0.1) is 24.2 Å². The molecular formula is C42H56Cl4Si3. The quantitative estimate of drug-likeness (QED) is 0.256. The number of hydrogen-bond acceptors (Lipinski definition) is 0. The Morgan fingerprint density at radius 1 is 0.490 bits per heavy atom. The number of halogens is 4. The number of hydrogen-bond donors (Lipinski definition) is 0. The first-order valence-corrected chi connectivity index (χ1v) is 30.2. The highest BCUT2D eigenvalue weighted by atomic mass is 35.5. The second-order valence-corrected chi connectivity index (χ2v) is 35.2. The van der Waals surface area contributed by atoms with Crippen LogP contribution >= 0.6 is 46.4 Å². The summed E-state index contributed by atoms with van der Waals surface area (Å²) < 4.78 is 0. The number of benzene rings is 2. The van der Waals surface area contributed by atoms with Gasteiger partial charge in [-0.15, -0.1) is 0 Å². The van der Waals surface area contributed by atoms with Crippen molar-refractivity contribution in [2.24, 2.45) is 35.5 Å². The molecule has 2 aromatic rings. The third kappa shape index (κ3) is 7.02. The van der Waals surface area contributed by atoms with Gasteiger partial charge in [-0.05, 0) is 105 Å². The van der Waals surface area contributed by atoms with Crippen LogP contribution in [0.1, 0.15) is 49.7 Å². The molecule has 0 nitrogen and oxygen atoms in total. The van der Waals surface area contributed by atoms with E-state index >= 15 is 0 Å². The Bertz CT molecular complexity index is 1540. The van der Waals surface area contributed by atoms with Crippen LogP contribution in [-0.2, 0) is 0 Å². The molecule has 10 atom stereocenters. The standard InChI is InChI=1S/C42H56Cl4Si3/c1-25-19-33-29(27-21-35(43)41(36(44)22-27)47(3,4)5)15-11-13-17-31(33)39(25)49(9,10)40-26(2)20-34-30(16-12-14-18-32(34)40)28-23-37(45)42(38(46)24-28)48(6,7)8/h11-18,21-26,29-34,39-40H,19-20H2,1-10H3. The van der Waals surface area contributed by atoms with Crippen molar-refractivity contribution < 1.29 is 0 Å². The Balaban J connectivity index is 1.33. The Hall–Kier alpha value is -0.789. The molecule has 0 bridgehead atoms. The van der Waals surface area contributed by atoms with Gasteiger partial charge in [-0.1, -0.05) is 161 Å². The zero-order valence-corrected chi connectivity index (χ0v) is 37.2. The van der Waals surface area contributed by atoms with Gasteiger partial charge < -0.3 is 0 Å². The summed E-state index contributed by atoms with van der Waals surface area (Å²) in [5.41, 5.74) is 3.98. The van der Waals surface area contributed by atoms with Crippen LogP contribution in [0.5, 0.6) is 0 Å². The number of fused-ring (bicyclic) bond motifs is 2. The van der Waals surface area contributed by atoms with Crippen molar-refractivity contribution in [3.8, 4) is 0 Å². The molecule has 0 spiro atoms. The maximum atomic E-state index is 7.03. The van der Waals surface area contributed by atoms with Crippen molar-refractivity contribution in [1.29, 1.82) is 0 Å². The molecule has 4 aliphatic rings. The Morgan fingerprint density at radius 3 is 1.10 bits per heavy atom. The van der Waals surface area contributed by atoms with E-state index in [0.717, 1.165) is 20.1 Å². The second-order valence-electron chi connectivity index (χ2n) is 18.6. The Kier molecular flexibility index (Phi) is 10.8. The fraction of sp³-hybridized carbons (Fsp3) is 0.524. The Labute approximate surface area is 320 Å². The van der Waals surface area contributed by atoms with Gasteiger partial charge in [0.15, 0.2) is 0 Å². The molecule has 49 heavy (non-hydrogen) atoms. The average Bonchev–Trinajstić information content (AvgIpc) is 3.28. The second kappa shape index (κ2) is 13.9. The minimum atomic E-state index is -1.85. The monoisotopic (exact) mass is 784 g/mol. The van der Waals surface area contributed by atoms with Crippen molar-refractivity contribution in [3.63, 3.8) is 0 Å². The first-order chi connectivity index (χ1) is 22.8. The van der Waals surface area contributed by atoms with Crippen molar-refractivity contribution in [2.75, 3.05) is 0 Å².